The fourth-order valence-corrected chi connectivity index (χ4v) is 2.87. The van der Waals surface area contributed by atoms with E-state index in [1.165, 1.54) is 24.3 Å². The Hall–Kier alpha value is -1.42. The van der Waals surface area contributed by atoms with Crippen LogP contribution in [0.2, 0.25) is 0 Å². The molecule has 0 saturated carbocycles. The number of hydrogen-bond donors (Lipinski definition) is 1. The van der Waals surface area contributed by atoms with Gasteiger partial charge in [-0.05, 0) is 37.1 Å². The number of nitriles is 1. The molecule has 0 unspecified atom stereocenters. The van der Waals surface area contributed by atoms with Crippen molar-refractivity contribution in [3.05, 3.63) is 29.8 Å². The molecule has 1 aromatic rings. The highest BCUT2D eigenvalue weighted by Crippen LogP contribution is 2.13. The van der Waals surface area contributed by atoms with Crippen molar-refractivity contribution in [1.29, 1.82) is 5.26 Å². The van der Waals surface area contributed by atoms with Crippen LogP contribution in [-0.4, -0.2) is 27.7 Å². The van der Waals surface area contributed by atoms with Crippen LogP contribution in [0.5, 0.6) is 0 Å². The first kappa shape index (κ1) is 13.0. The molecule has 2 rings (SSSR count). The summed E-state index contributed by atoms with van der Waals surface area (Å²) in [6.07, 6.45) is 1.83. The maximum atomic E-state index is 11.9. The van der Waals surface area contributed by atoms with Crippen molar-refractivity contribution >= 4 is 10.0 Å². The lowest BCUT2D eigenvalue weighted by Crippen LogP contribution is -2.31. The molecule has 1 fully saturated rings. The van der Waals surface area contributed by atoms with Gasteiger partial charge in [0.2, 0.25) is 10.0 Å². The molecule has 18 heavy (non-hydrogen) atoms. The summed E-state index contributed by atoms with van der Waals surface area (Å²) >= 11 is 0. The summed E-state index contributed by atoms with van der Waals surface area (Å²) < 4.78 is 31.7. The molecular formula is C12H14N2O3S. The molecule has 0 radical (unpaired) electrons. The van der Waals surface area contributed by atoms with E-state index in [0.717, 1.165) is 12.8 Å². The van der Waals surface area contributed by atoms with E-state index in [-0.39, 0.29) is 11.0 Å². The summed E-state index contributed by atoms with van der Waals surface area (Å²) in [6.45, 7) is 0.992. The van der Waals surface area contributed by atoms with Crippen molar-refractivity contribution < 1.29 is 13.2 Å². The van der Waals surface area contributed by atoms with Gasteiger partial charge in [-0.15, -0.1) is 0 Å². The van der Waals surface area contributed by atoms with Crippen molar-refractivity contribution in [3.8, 4) is 6.07 Å². The Morgan fingerprint density at radius 2 is 2.11 bits per heavy atom. The minimum atomic E-state index is -3.51. The van der Waals surface area contributed by atoms with E-state index in [1.807, 2.05) is 6.07 Å². The fourth-order valence-electron chi connectivity index (χ4n) is 1.80. The zero-order valence-electron chi connectivity index (χ0n) is 9.80. The Morgan fingerprint density at radius 3 is 2.67 bits per heavy atom. The van der Waals surface area contributed by atoms with Crippen LogP contribution in [0.4, 0.5) is 0 Å². The van der Waals surface area contributed by atoms with Gasteiger partial charge >= 0.3 is 0 Å². The topological polar surface area (TPSA) is 79.2 Å². The molecule has 1 heterocycles. The summed E-state index contributed by atoms with van der Waals surface area (Å²) in [4.78, 5) is 0.166. The van der Waals surface area contributed by atoms with Crippen LogP contribution < -0.4 is 4.72 Å². The largest absolute Gasteiger partial charge is 0.377 e. The van der Waals surface area contributed by atoms with E-state index < -0.39 is 10.0 Å². The lowest BCUT2D eigenvalue weighted by atomic mass is 10.2. The number of nitrogens with zero attached hydrogens (tertiary/aromatic N) is 1. The Balaban J connectivity index is 2.02. The zero-order chi connectivity index (χ0) is 13.0. The predicted octanol–water partition coefficient (Wildman–Crippen LogP) is 1.02. The Labute approximate surface area is 106 Å². The standard InChI is InChI=1S/C12H14N2O3S/c13-8-10-3-5-12(6-4-10)18(15,16)14-9-11-2-1-7-17-11/h3-6,11,14H,1-2,7,9H2/t11-/m0/s1. The number of ether oxygens (including phenoxy) is 1. The van der Waals surface area contributed by atoms with Crippen molar-refractivity contribution in [1.82, 2.24) is 4.72 Å². The van der Waals surface area contributed by atoms with Gasteiger partial charge in [-0.25, -0.2) is 13.1 Å². The quantitative estimate of drug-likeness (QED) is 0.882. The van der Waals surface area contributed by atoms with Gasteiger partial charge in [-0.3, -0.25) is 0 Å². The van der Waals surface area contributed by atoms with Gasteiger partial charge in [0.25, 0.3) is 0 Å². The molecule has 0 aliphatic carbocycles. The van der Waals surface area contributed by atoms with Gasteiger partial charge in [0.1, 0.15) is 0 Å². The van der Waals surface area contributed by atoms with E-state index in [1.54, 1.807) is 0 Å². The van der Waals surface area contributed by atoms with Gasteiger partial charge in [-0.1, -0.05) is 0 Å². The summed E-state index contributed by atoms with van der Waals surface area (Å²) in [5.41, 5.74) is 0.438. The SMILES string of the molecule is N#Cc1ccc(S(=O)(=O)NC[C@@H]2CCCO2)cc1. The van der Waals surface area contributed by atoms with Crippen LogP contribution in [0.3, 0.4) is 0 Å². The summed E-state index contributed by atoms with van der Waals surface area (Å²) in [7, 11) is -3.51. The highest BCUT2D eigenvalue weighted by Gasteiger charge is 2.20. The van der Waals surface area contributed by atoms with Gasteiger partial charge in [0.05, 0.1) is 22.6 Å². The molecule has 1 aliphatic rings. The van der Waals surface area contributed by atoms with E-state index in [0.29, 0.717) is 18.7 Å². The van der Waals surface area contributed by atoms with E-state index in [4.69, 9.17) is 10.00 Å². The number of nitrogens with one attached hydrogen (secondary N) is 1. The number of rotatable bonds is 4. The van der Waals surface area contributed by atoms with Crippen LogP contribution in [-0.2, 0) is 14.8 Å². The summed E-state index contributed by atoms with van der Waals surface area (Å²) in [6, 6.07) is 7.77. The molecule has 6 heteroatoms. The first-order valence-corrected chi connectivity index (χ1v) is 7.21. The Morgan fingerprint density at radius 1 is 1.39 bits per heavy atom. The predicted molar refractivity (Wildman–Crippen MR) is 65.3 cm³/mol. The first-order chi connectivity index (χ1) is 8.62. The zero-order valence-corrected chi connectivity index (χ0v) is 10.6. The van der Waals surface area contributed by atoms with Crippen molar-refractivity contribution in [2.45, 2.75) is 23.8 Å². The number of sulfonamides is 1. The van der Waals surface area contributed by atoms with Crippen molar-refractivity contribution in [2.75, 3.05) is 13.2 Å². The second-order valence-corrected chi connectivity index (χ2v) is 5.89. The van der Waals surface area contributed by atoms with Gasteiger partial charge in [0.15, 0.2) is 0 Å². The number of hydrogen-bond acceptors (Lipinski definition) is 4. The third-order valence-corrected chi connectivity index (χ3v) is 4.26. The average molecular weight is 266 g/mol. The summed E-state index contributed by atoms with van der Waals surface area (Å²) in [5.74, 6) is 0. The summed E-state index contributed by atoms with van der Waals surface area (Å²) in [5, 5.41) is 8.65. The molecule has 96 valence electrons. The van der Waals surface area contributed by atoms with Crippen LogP contribution in [0.1, 0.15) is 18.4 Å². The normalized spacial score (nSPS) is 19.6. The molecule has 1 aromatic carbocycles. The van der Waals surface area contributed by atoms with Crippen molar-refractivity contribution in [3.63, 3.8) is 0 Å². The number of benzene rings is 1. The van der Waals surface area contributed by atoms with Crippen molar-refractivity contribution in [2.24, 2.45) is 0 Å². The molecular weight excluding hydrogens is 252 g/mol. The molecule has 0 aromatic heterocycles. The smallest absolute Gasteiger partial charge is 0.240 e. The third-order valence-electron chi connectivity index (χ3n) is 2.82. The Kier molecular flexibility index (Phi) is 3.97. The van der Waals surface area contributed by atoms with Crippen LogP contribution in [0.25, 0.3) is 0 Å². The van der Waals surface area contributed by atoms with Crippen LogP contribution in [0, 0.1) is 11.3 Å². The monoisotopic (exact) mass is 266 g/mol. The van der Waals surface area contributed by atoms with Crippen LogP contribution in [0.15, 0.2) is 29.2 Å². The average Bonchev–Trinajstić information content (AvgIpc) is 2.90. The van der Waals surface area contributed by atoms with Gasteiger partial charge in [0, 0.05) is 13.2 Å². The maximum Gasteiger partial charge on any atom is 0.240 e. The molecule has 1 N–H and O–H groups in total. The minimum Gasteiger partial charge on any atom is -0.377 e. The fraction of sp³-hybridized carbons (Fsp3) is 0.417. The van der Waals surface area contributed by atoms with E-state index >= 15 is 0 Å². The highest BCUT2D eigenvalue weighted by atomic mass is 32.2. The maximum absolute atomic E-state index is 11.9. The van der Waals surface area contributed by atoms with E-state index in [2.05, 4.69) is 4.72 Å². The van der Waals surface area contributed by atoms with Gasteiger partial charge in [-0.2, -0.15) is 5.26 Å². The molecule has 1 saturated heterocycles. The lowest BCUT2D eigenvalue weighted by Gasteiger charge is -2.11. The molecule has 0 amide bonds. The highest BCUT2D eigenvalue weighted by molar-refractivity contribution is 7.89. The minimum absolute atomic E-state index is 0.0295. The lowest BCUT2D eigenvalue weighted by molar-refractivity contribution is 0.114. The van der Waals surface area contributed by atoms with Gasteiger partial charge < -0.3 is 4.74 Å². The molecule has 1 aliphatic heterocycles. The molecule has 0 spiro atoms. The second kappa shape index (κ2) is 5.48. The third kappa shape index (κ3) is 3.07. The first-order valence-electron chi connectivity index (χ1n) is 5.73. The Bertz CT molecular complexity index is 540. The van der Waals surface area contributed by atoms with E-state index in [9.17, 15) is 8.42 Å². The second-order valence-electron chi connectivity index (χ2n) is 4.12. The molecule has 0 bridgehead atoms. The molecule has 1 atom stereocenters. The van der Waals surface area contributed by atoms with Crippen LogP contribution >= 0.6 is 0 Å². The molecule has 5 nitrogen and oxygen atoms in total.